The van der Waals surface area contributed by atoms with Crippen LogP contribution in [0.4, 0.5) is 0 Å². The molecule has 0 aliphatic carbocycles. The first kappa shape index (κ1) is 17.0. The molecule has 0 unspecified atom stereocenters. The molecule has 2 saturated heterocycles. The lowest BCUT2D eigenvalue weighted by Gasteiger charge is -2.40. The molecule has 1 aromatic carbocycles. The molecule has 4 nitrogen and oxygen atoms in total. The van der Waals surface area contributed by atoms with E-state index in [-0.39, 0.29) is 0 Å². The van der Waals surface area contributed by atoms with Crippen LogP contribution >= 0.6 is 0 Å². The van der Waals surface area contributed by atoms with Crippen molar-refractivity contribution in [1.29, 1.82) is 0 Å². The van der Waals surface area contributed by atoms with Crippen molar-refractivity contribution in [2.45, 2.75) is 57.7 Å². The number of hydrogen-bond acceptors (Lipinski definition) is 3. The van der Waals surface area contributed by atoms with Crippen molar-refractivity contribution in [3.8, 4) is 0 Å². The van der Waals surface area contributed by atoms with Crippen molar-refractivity contribution in [1.82, 2.24) is 14.7 Å². The van der Waals surface area contributed by atoms with Gasteiger partial charge in [-0.3, -0.25) is 9.58 Å². The number of benzene rings is 1. The van der Waals surface area contributed by atoms with Crippen LogP contribution in [0, 0.1) is 11.8 Å². The van der Waals surface area contributed by atoms with Gasteiger partial charge in [0.25, 0.3) is 0 Å². The third kappa shape index (κ3) is 3.61. The van der Waals surface area contributed by atoms with Crippen LogP contribution in [0.5, 0.6) is 0 Å². The van der Waals surface area contributed by atoms with E-state index in [1.54, 1.807) is 0 Å². The predicted octanol–water partition coefficient (Wildman–Crippen LogP) is 3.95. The molecule has 2 aliphatic rings. The molecule has 2 aliphatic heterocycles. The molecule has 0 saturated carbocycles. The summed E-state index contributed by atoms with van der Waals surface area (Å²) in [5.41, 5.74) is 1.26. The molecule has 4 rings (SSSR count). The Hall–Kier alpha value is -1.39. The van der Waals surface area contributed by atoms with E-state index in [0.717, 1.165) is 31.2 Å². The van der Waals surface area contributed by atoms with Crippen LogP contribution < -0.4 is 0 Å². The molecule has 2 aromatic rings. The number of aromatic nitrogens is 2. The standard InChI is InChI=1S/C21H31N3O/c1-16(15-24-21-6-4-3-5-18(21)13-22-24)14-23-19-7-8-20(23)12-17(11-19)9-10-25-2/h3-6,13,16-17,19-20H,7-12,14-15H2,1-2H3/t16-,19+,20+/m1/s1. The van der Waals surface area contributed by atoms with Crippen molar-refractivity contribution in [3.05, 3.63) is 30.5 Å². The number of hydrogen-bond donors (Lipinski definition) is 0. The van der Waals surface area contributed by atoms with Crippen LogP contribution in [-0.4, -0.2) is 47.0 Å². The molecule has 0 radical (unpaired) electrons. The lowest BCUT2D eigenvalue weighted by Crippen LogP contribution is -2.45. The molecule has 0 N–H and O–H groups in total. The average Bonchev–Trinajstić information content (AvgIpc) is 3.11. The van der Waals surface area contributed by atoms with Crippen molar-refractivity contribution >= 4 is 10.9 Å². The Morgan fingerprint density at radius 2 is 1.92 bits per heavy atom. The number of piperidine rings is 1. The largest absolute Gasteiger partial charge is 0.385 e. The number of ether oxygens (including phenoxy) is 1. The Kier molecular flexibility index (Phi) is 5.09. The number of rotatable bonds is 7. The topological polar surface area (TPSA) is 30.3 Å². The molecule has 3 heterocycles. The molecule has 3 atom stereocenters. The summed E-state index contributed by atoms with van der Waals surface area (Å²) in [5, 5.41) is 5.86. The highest BCUT2D eigenvalue weighted by Gasteiger charge is 2.40. The predicted molar refractivity (Wildman–Crippen MR) is 102 cm³/mol. The van der Waals surface area contributed by atoms with E-state index in [0.29, 0.717) is 5.92 Å². The Bertz CT molecular complexity index is 683. The molecule has 4 heteroatoms. The quantitative estimate of drug-likeness (QED) is 0.764. The van der Waals surface area contributed by atoms with Gasteiger partial charge in [0.15, 0.2) is 0 Å². The first-order valence-corrected chi connectivity index (χ1v) is 9.90. The lowest BCUT2D eigenvalue weighted by molar-refractivity contribution is 0.0700. The summed E-state index contributed by atoms with van der Waals surface area (Å²) in [5.74, 6) is 1.50. The van der Waals surface area contributed by atoms with E-state index in [9.17, 15) is 0 Å². The lowest BCUT2D eigenvalue weighted by atomic mass is 9.88. The molecule has 2 fully saturated rings. The van der Waals surface area contributed by atoms with Gasteiger partial charge in [-0.1, -0.05) is 25.1 Å². The number of para-hydroxylation sites is 1. The maximum Gasteiger partial charge on any atom is 0.0682 e. The molecule has 2 bridgehead atoms. The highest BCUT2D eigenvalue weighted by Crippen LogP contribution is 2.40. The van der Waals surface area contributed by atoms with Crippen molar-refractivity contribution in [3.63, 3.8) is 0 Å². The van der Waals surface area contributed by atoms with Crippen LogP contribution in [0.3, 0.4) is 0 Å². The average molecular weight is 341 g/mol. The fraction of sp³-hybridized carbons (Fsp3) is 0.667. The highest BCUT2D eigenvalue weighted by molar-refractivity contribution is 5.78. The number of methoxy groups -OCH3 is 1. The minimum absolute atomic E-state index is 0.627. The van der Waals surface area contributed by atoms with Gasteiger partial charge < -0.3 is 4.74 Å². The maximum atomic E-state index is 5.30. The molecule has 136 valence electrons. The first-order valence-electron chi connectivity index (χ1n) is 9.90. The van der Waals surface area contributed by atoms with Crippen molar-refractivity contribution < 1.29 is 4.74 Å². The van der Waals surface area contributed by atoms with Crippen LogP contribution in [0.15, 0.2) is 30.5 Å². The minimum Gasteiger partial charge on any atom is -0.385 e. The molecular weight excluding hydrogens is 310 g/mol. The van der Waals surface area contributed by atoms with Gasteiger partial charge in [0.05, 0.1) is 11.7 Å². The van der Waals surface area contributed by atoms with Gasteiger partial charge in [0, 0.05) is 44.3 Å². The Morgan fingerprint density at radius 1 is 1.16 bits per heavy atom. The van der Waals surface area contributed by atoms with Gasteiger partial charge in [0.1, 0.15) is 0 Å². The fourth-order valence-electron chi connectivity index (χ4n) is 5.09. The maximum absolute atomic E-state index is 5.30. The molecular formula is C21H31N3O. The van der Waals surface area contributed by atoms with Crippen molar-refractivity contribution in [2.24, 2.45) is 11.8 Å². The van der Waals surface area contributed by atoms with Crippen LogP contribution in [0.1, 0.15) is 39.0 Å². The Labute approximate surface area is 151 Å². The van der Waals surface area contributed by atoms with Gasteiger partial charge in [0.2, 0.25) is 0 Å². The summed E-state index contributed by atoms with van der Waals surface area (Å²) in [6.07, 6.45) is 8.77. The molecule has 0 amide bonds. The zero-order valence-electron chi connectivity index (χ0n) is 15.6. The second-order valence-corrected chi connectivity index (χ2v) is 8.19. The van der Waals surface area contributed by atoms with Crippen LogP contribution in [-0.2, 0) is 11.3 Å². The summed E-state index contributed by atoms with van der Waals surface area (Å²) in [7, 11) is 1.82. The van der Waals surface area contributed by atoms with E-state index in [4.69, 9.17) is 4.74 Å². The zero-order chi connectivity index (χ0) is 17.2. The van der Waals surface area contributed by atoms with E-state index in [2.05, 4.69) is 45.9 Å². The summed E-state index contributed by atoms with van der Waals surface area (Å²) in [4.78, 5) is 2.82. The summed E-state index contributed by atoms with van der Waals surface area (Å²) < 4.78 is 7.49. The van der Waals surface area contributed by atoms with E-state index >= 15 is 0 Å². The SMILES string of the molecule is COCCC1C[C@@H]2CC[C@@H](C1)N2C[C@@H](C)Cn1ncc2ccccc21. The second-order valence-electron chi connectivity index (χ2n) is 8.19. The van der Waals surface area contributed by atoms with E-state index < -0.39 is 0 Å². The number of nitrogens with zero attached hydrogens (tertiary/aromatic N) is 3. The third-order valence-corrected chi connectivity index (χ3v) is 6.27. The molecule has 0 spiro atoms. The smallest absolute Gasteiger partial charge is 0.0682 e. The Balaban J connectivity index is 1.36. The zero-order valence-corrected chi connectivity index (χ0v) is 15.6. The molecule has 25 heavy (non-hydrogen) atoms. The van der Waals surface area contributed by atoms with Gasteiger partial charge >= 0.3 is 0 Å². The second kappa shape index (κ2) is 7.46. The van der Waals surface area contributed by atoms with E-state index in [1.807, 2.05) is 13.3 Å². The summed E-state index contributed by atoms with van der Waals surface area (Å²) in [6, 6.07) is 10.1. The summed E-state index contributed by atoms with van der Waals surface area (Å²) in [6.45, 7) is 5.52. The number of fused-ring (bicyclic) bond motifs is 3. The van der Waals surface area contributed by atoms with Crippen LogP contribution in [0.25, 0.3) is 10.9 Å². The van der Waals surface area contributed by atoms with Crippen molar-refractivity contribution in [2.75, 3.05) is 20.3 Å². The van der Waals surface area contributed by atoms with Crippen LogP contribution in [0.2, 0.25) is 0 Å². The van der Waals surface area contributed by atoms with E-state index in [1.165, 1.54) is 49.6 Å². The monoisotopic (exact) mass is 341 g/mol. The first-order chi connectivity index (χ1) is 12.2. The van der Waals surface area contributed by atoms with Gasteiger partial charge in [-0.15, -0.1) is 0 Å². The minimum atomic E-state index is 0.627. The highest BCUT2D eigenvalue weighted by atomic mass is 16.5. The van der Waals surface area contributed by atoms with Gasteiger partial charge in [-0.2, -0.15) is 5.10 Å². The third-order valence-electron chi connectivity index (χ3n) is 6.27. The van der Waals surface area contributed by atoms with Gasteiger partial charge in [-0.25, -0.2) is 0 Å². The summed E-state index contributed by atoms with van der Waals surface area (Å²) >= 11 is 0. The molecule has 1 aromatic heterocycles. The normalized spacial score (nSPS) is 27.8. The Morgan fingerprint density at radius 3 is 2.68 bits per heavy atom. The van der Waals surface area contributed by atoms with Gasteiger partial charge in [-0.05, 0) is 50.0 Å². The fourth-order valence-corrected chi connectivity index (χ4v) is 5.09.